The molecule has 3 aromatic rings. The monoisotopic (exact) mass is 788 g/mol. The van der Waals surface area contributed by atoms with E-state index in [4.69, 9.17) is 0 Å². The molecular formula is C41H56N8O8. The number of amides is 7. The first-order chi connectivity index (χ1) is 27.1. The number of aromatic amines is 1. The van der Waals surface area contributed by atoms with Crippen LogP contribution in [0.15, 0.2) is 60.8 Å². The van der Waals surface area contributed by atoms with Crippen molar-refractivity contribution in [2.75, 3.05) is 13.6 Å². The highest BCUT2D eigenvalue weighted by Gasteiger charge is 2.36. The Morgan fingerprint density at radius 1 is 0.825 bits per heavy atom. The van der Waals surface area contributed by atoms with Crippen molar-refractivity contribution < 1.29 is 38.7 Å². The van der Waals surface area contributed by atoms with Crippen LogP contribution in [0.25, 0.3) is 10.9 Å². The number of benzene rings is 2. The first kappa shape index (κ1) is 43.8. The van der Waals surface area contributed by atoms with Gasteiger partial charge in [-0.3, -0.25) is 24.0 Å². The molecule has 0 saturated carbocycles. The van der Waals surface area contributed by atoms with Crippen molar-refractivity contribution in [2.24, 2.45) is 11.8 Å². The van der Waals surface area contributed by atoms with Crippen LogP contribution >= 0.6 is 0 Å². The van der Waals surface area contributed by atoms with Gasteiger partial charge in [-0.2, -0.15) is 0 Å². The van der Waals surface area contributed by atoms with Crippen LogP contribution in [0.3, 0.4) is 0 Å². The lowest BCUT2D eigenvalue weighted by atomic mass is 9.99. The number of hydrogen-bond acceptors (Lipinski definition) is 7. The van der Waals surface area contributed by atoms with E-state index in [1.807, 2.05) is 54.6 Å². The van der Waals surface area contributed by atoms with Crippen molar-refractivity contribution in [2.45, 2.75) is 103 Å². The van der Waals surface area contributed by atoms with Gasteiger partial charge in [-0.1, -0.05) is 76.2 Å². The second-order valence-corrected chi connectivity index (χ2v) is 15.2. The van der Waals surface area contributed by atoms with E-state index < -0.39 is 89.6 Å². The maximum atomic E-state index is 14.3. The average Bonchev–Trinajstić information content (AvgIpc) is 3.58. The molecule has 16 nitrogen and oxygen atoms in total. The molecule has 57 heavy (non-hydrogen) atoms. The number of hydrogen-bond donors (Lipinski definition) is 8. The number of carbonyl (C=O) groups is 7. The molecule has 1 aromatic heterocycles. The second kappa shape index (κ2) is 20.3. The van der Waals surface area contributed by atoms with Crippen LogP contribution in [-0.4, -0.2) is 106 Å². The molecule has 0 radical (unpaired) electrons. The van der Waals surface area contributed by atoms with E-state index in [0.717, 1.165) is 22.0 Å². The predicted octanol–water partition coefficient (Wildman–Crippen LogP) is 1.99. The molecule has 2 heterocycles. The molecule has 16 heteroatoms. The Hall–Kier alpha value is -5.93. The average molecular weight is 789 g/mol. The Bertz CT molecular complexity index is 1900. The van der Waals surface area contributed by atoms with Gasteiger partial charge in [0.1, 0.15) is 36.3 Å². The number of fused-ring (bicyclic) bond motifs is 1. The van der Waals surface area contributed by atoms with Gasteiger partial charge in [0.2, 0.25) is 29.5 Å². The van der Waals surface area contributed by atoms with Crippen LogP contribution in [0.2, 0.25) is 0 Å². The third-order valence-corrected chi connectivity index (χ3v) is 10.2. The summed E-state index contributed by atoms with van der Waals surface area (Å²) in [5.41, 5.74) is 2.36. The smallest absolute Gasteiger partial charge is 0.326 e. The number of urea groups is 1. The summed E-state index contributed by atoms with van der Waals surface area (Å²) in [6.45, 7) is 8.43. The summed E-state index contributed by atoms with van der Waals surface area (Å²) >= 11 is 0. The molecule has 1 aliphatic heterocycles. The third-order valence-electron chi connectivity index (χ3n) is 10.2. The molecule has 308 valence electrons. The van der Waals surface area contributed by atoms with E-state index in [1.54, 1.807) is 33.9 Å². The zero-order valence-electron chi connectivity index (χ0n) is 33.4. The molecular weight excluding hydrogens is 732 g/mol. The van der Waals surface area contributed by atoms with Gasteiger partial charge in [0, 0.05) is 43.5 Å². The first-order valence-electron chi connectivity index (χ1n) is 19.4. The lowest BCUT2D eigenvalue weighted by Crippen LogP contribution is -2.60. The van der Waals surface area contributed by atoms with Crippen LogP contribution < -0.4 is 31.9 Å². The normalized spacial score (nSPS) is 22.7. The number of para-hydroxylation sites is 1. The number of nitrogens with one attached hydrogen (secondary N) is 7. The SMILES string of the molecule is CC(C)[C@H](NC(=O)N[C@@H]1CCCCNC(=O)[C@@H](Cc2ccccc2)NC(=O)[C@@H](C)N(C)C(=O)[C@@H](Cc2c[nH]c3ccccc23)NC(=O)[C@@H](C(C)C)NC1=O)C(=O)O. The Morgan fingerprint density at radius 3 is 2.16 bits per heavy atom. The molecule has 1 saturated heterocycles. The van der Waals surface area contributed by atoms with Gasteiger partial charge in [0.05, 0.1) is 0 Å². The number of likely N-dealkylation sites (N-methyl/N-ethyl adjacent to an activating group) is 1. The van der Waals surface area contributed by atoms with Crippen molar-refractivity contribution in [3.05, 3.63) is 71.9 Å². The fourth-order valence-electron chi connectivity index (χ4n) is 6.67. The Morgan fingerprint density at radius 2 is 1.49 bits per heavy atom. The van der Waals surface area contributed by atoms with Gasteiger partial charge in [0.25, 0.3) is 0 Å². The number of carboxylic acids is 1. The van der Waals surface area contributed by atoms with Crippen molar-refractivity contribution in [3.8, 4) is 0 Å². The van der Waals surface area contributed by atoms with Gasteiger partial charge < -0.3 is 46.9 Å². The number of aliphatic carboxylic acids is 1. The molecule has 7 amide bonds. The second-order valence-electron chi connectivity index (χ2n) is 15.2. The van der Waals surface area contributed by atoms with E-state index in [9.17, 15) is 38.7 Å². The van der Waals surface area contributed by atoms with Gasteiger partial charge >= 0.3 is 12.0 Å². The molecule has 4 rings (SSSR count). The Labute approximate surface area is 332 Å². The predicted molar refractivity (Wildman–Crippen MR) is 214 cm³/mol. The largest absolute Gasteiger partial charge is 0.480 e. The first-order valence-corrected chi connectivity index (χ1v) is 19.4. The lowest BCUT2D eigenvalue weighted by molar-refractivity contribution is -0.142. The van der Waals surface area contributed by atoms with Gasteiger partial charge in [-0.25, -0.2) is 9.59 Å². The van der Waals surface area contributed by atoms with E-state index in [-0.39, 0.29) is 25.8 Å². The maximum Gasteiger partial charge on any atom is 0.326 e. The number of H-pyrrole nitrogens is 1. The van der Waals surface area contributed by atoms with Crippen LogP contribution in [0.5, 0.6) is 0 Å². The van der Waals surface area contributed by atoms with Crippen molar-refractivity contribution >= 4 is 52.4 Å². The molecule has 1 fully saturated rings. The molecule has 2 aromatic carbocycles. The third kappa shape index (κ3) is 12.0. The Balaban J connectivity index is 1.69. The minimum Gasteiger partial charge on any atom is -0.480 e. The van der Waals surface area contributed by atoms with Crippen molar-refractivity contribution in [1.29, 1.82) is 0 Å². The zero-order chi connectivity index (χ0) is 41.8. The summed E-state index contributed by atoms with van der Waals surface area (Å²) in [5, 5.41) is 26.7. The molecule has 6 atom stereocenters. The van der Waals surface area contributed by atoms with Gasteiger partial charge in [0.15, 0.2) is 0 Å². The maximum absolute atomic E-state index is 14.3. The molecule has 0 unspecified atom stereocenters. The summed E-state index contributed by atoms with van der Waals surface area (Å²) in [6.07, 6.45) is 2.76. The summed E-state index contributed by atoms with van der Waals surface area (Å²) in [7, 11) is 1.45. The highest BCUT2D eigenvalue weighted by Crippen LogP contribution is 2.20. The van der Waals surface area contributed by atoms with Crippen LogP contribution in [0.1, 0.15) is 65.0 Å². The van der Waals surface area contributed by atoms with Crippen LogP contribution in [0, 0.1) is 11.8 Å². The minimum atomic E-state index is -1.24. The number of rotatable bonds is 9. The van der Waals surface area contributed by atoms with Gasteiger partial charge in [-0.15, -0.1) is 0 Å². The highest BCUT2D eigenvalue weighted by molar-refractivity contribution is 5.97. The van der Waals surface area contributed by atoms with E-state index >= 15 is 0 Å². The fraction of sp³-hybridized carbons (Fsp3) is 0.488. The summed E-state index contributed by atoms with van der Waals surface area (Å²) in [6, 6.07) is 8.96. The standard InChI is InChI=1S/C41H56N8O8/c1-23(2)33-38(53)45-32(21-27-22-43-29-17-11-10-16-28(27)29)39(54)49(6)25(5)35(50)44-31(20-26-14-8-7-9-15-26)36(51)42-19-13-12-18-30(37(52)47-33)46-41(57)48-34(24(3)4)40(55)56/h7-11,14-17,22-25,30-34,43H,12-13,18-21H2,1-6H3,(H,42,51)(H,44,50)(H,45,53)(H,47,52)(H,55,56)(H2,46,48,57)/t25-,30-,31-,32-,33-,34+/m1/s1. The molecule has 1 aliphatic rings. The number of carboxylic acid groups (broad SMARTS) is 1. The molecule has 0 spiro atoms. The number of nitrogens with zero attached hydrogens (tertiary/aromatic N) is 1. The molecule has 8 N–H and O–H groups in total. The number of carbonyl (C=O) groups excluding carboxylic acids is 6. The van der Waals surface area contributed by atoms with Crippen LogP contribution in [-0.2, 0) is 41.6 Å². The topological polar surface area (TPSA) is 231 Å². The van der Waals surface area contributed by atoms with Crippen LogP contribution in [0.4, 0.5) is 4.79 Å². The minimum absolute atomic E-state index is 0.0377. The zero-order valence-corrected chi connectivity index (χ0v) is 33.4. The highest BCUT2D eigenvalue weighted by atomic mass is 16.4. The van der Waals surface area contributed by atoms with Crippen molar-refractivity contribution in [3.63, 3.8) is 0 Å². The van der Waals surface area contributed by atoms with E-state index in [1.165, 1.54) is 18.9 Å². The lowest BCUT2D eigenvalue weighted by Gasteiger charge is -2.31. The summed E-state index contributed by atoms with van der Waals surface area (Å²) < 4.78 is 0. The Kier molecular flexibility index (Phi) is 15.6. The molecule has 0 bridgehead atoms. The van der Waals surface area contributed by atoms with E-state index in [0.29, 0.717) is 12.8 Å². The van der Waals surface area contributed by atoms with E-state index in [2.05, 4.69) is 36.9 Å². The number of aromatic nitrogens is 1. The quantitative estimate of drug-likeness (QED) is 0.160. The fourth-order valence-corrected chi connectivity index (χ4v) is 6.67. The summed E-state index contributed by atoms with van der Waals surface area (Å²) in [5.74, 6) is -5.12. The molecule has 0 aliphatic carbocycles. The summed E-state index contributed by atoms with van der Waals surface area (Å²) in [4.78, 5) is 99.0. The van der Waals surface area contributed by atoms with Gasteiger partial charge in [-0.05, 0) is 55.2 Å². The van der Waals surface area contributed by atoms with Crippen molar-refractivity contribution in [1.82, 2.24) is 41.8 Å².